The van der Waals surface area contributed by atoms with Crippen LogP contribution in [0, 0.1) is 27.4 Å². The SMILES string of the molecule is N#CC1CCCCCC1n1cc([N+](=O)[O-])cn1. The Labute approximate surface area is 99.0 Å². The maximum absolute atomic E-state index is 10.6. The van der Waals surface area contributed by atoms with Crippen LogP contribution in [0.2, 0.25) is 0 Å². The van der Waals surface area contributed by atoms with Crippen LogP contribution >= 0.6 is 0 Å². The maximum atomic E-state index is 10.6. The summed E-state index contributed by atoms with van der Waals surface area (Å²) in [5.41, 5.74) is -0.00839. The molecule has 6 heteroatoms. The maximum Gasteiger partial charge on any atom is 0.307 e. The summed E-state index contributed by atoms with van der Waals surface area (Å²) in [6.07, 6.45) is 7.64. The molecule has 2 unspecified atom stereocenters. The van der Waals surface area contributed by atoms with Crippen molar-refractivity contribution in [3.8, 4) is 6.07 Å². The fraction of sp³-hybridized carbons (Fsp3) is 0.636. The van der Waals surface area contributed by atoms with Gasteiger partial charge in [0.05, 0.1) is 23.0 Å². The van der Waals surface area contributed by atoms with Gasteiger partial charge in [0.1, 0.15) is 12.4 Å². The Morgan fingerprint density at radius 2 is 2.24 bits per heavy atom. The second-order valence-electron chi connectivity index (χ2n) is 4.38. The minimum Gasteiger partial charge on any atom is -0.261 e. The highest BCUT2D eigenvalue weighted by Gasteiger charge is 2.26. The third-order valence-corrected chi connectivity index (χ3v) is 3.28. The second-order valence-corrected chi connectivity index (χ2v) is 4.38. The topological polar surface area (TPSA) is 84.8 Å². The summed E-state index contributed by atoms with van der Waals surface area (Å²) in [4.78, 5) is 10.1. The Morgan fingerprint density at radius 1 is 1.47 bits per heavy atom. The summed E-state index contributed by atoms with van der Waals surface area (Å²) >= 11 is 0. The quantitative estimate of drug-likeness (QED) is 0.447. The molecule has 90 valence electrons. The zero-order valence-corrected chi connectivity index (χ0v) is 9.45. The van der Waals surface area contributed by atoms with E-state index in [0.29, 0.717) is 0 Å². The molecular formula is C11H14N4O2. The van der Waals surface area contributed by atoms with E-state index in [1.165, 1.54) is 12.4 Å². The molecule has 0 spiro atoms. The van der Waals surface area contributed by atoms with E-state index in [4.69, 9.17) is 5.26 Å². The Kier molecular flexibility index (Phi) is 3.38. The lowest BCUT2D eigenvalue weighted by atomic mass is 9.97. The normalized spacial score (nSPS) is 24.9. The van der Waals surface area contributed by atoms with Gasteiger partial charge in [0.2, 0.25) is 0 Å². The summed E-state index contributed by atoms with van der Waals surface area (Å²) in [5.74, 6) is -0.0861. The second kappa shape index (κ2) is 4.95. The fourth-order valence-electron chi connectivity index (χ4n) is 2.36. The molecule has 1 aliphatic rings. The lowest BCUT2D eigenvalue weighted by molar-refractivity contribution is -0.385. The van der Waals surface area contributed by atoms with Crippen LogP contribution in [-0.4, -0.2) is 14.7 Å². The summed E-state index contributed by atoms with van der Waals surface area (Å²) in [7, 11) is 0. The van der Waals surface area contributed by atoms with Crippen molar-refractivity contribution in [1.29, 1.82) is 5.26 Å². The van der Waals surface area contributed by atoms with E-state index >= 15 is 0 Å². The molecule has 0 aliphatic heterocycles. The van der Waals surface area contributed by atoms with Crippen molar-refractivity contribution in [3.05, 3.63) is 22.5 Å². The van der Waals surface area contributed by atoms with Crippen molar-refractivity contribution < 1.29 is 4.92 Å². The standard InChI is InChI=1S/C11H14N4O2/c12-6-9-4-2-1-3-5-11(9)14-8-10(7-13-14)15(16)17/h7-9,11H,1-5H2. The number of nitro groups is 1. The number of nitrogens with zero attached hydrogens (tertiary/aromatic N) is 4. The minimum atomic E-state index is -0.457. The first-order valence-electron chi connectivity index (χ1n) is 5.80. The highest BCUT2D eigenvalue weighted by Crippen LogP contribution is 2.32. The molecule has 0 saturated heterocycles. The van der Waals surface area contributed by atoms with Gasteiger partial charge in [-0.25, -0.2) is 0 Å². The van der Waals surface area contributed by atoms with Gasteiger partial charge in [0, 0.05) is 0 Å². The van der Waals surface area contributed by atoms with Crippen LogP contribution in [0.15, 0.2) is 12.4 Å². The zero-order valence-electron chi connectivity index (χ0n) is 9.45. The van der Waals surface area contributed by atoms with Gasteiger partial charge in [-0.2, -0.15) is 10.4 Å². The van der Waals surface area contributed by atoms with Crippen molar-refractivity contribution in [2.75, 3.05) is 0 Å². The van der Waals surface area contributed by atoms with Crippen LogP contribution in [0.5, 0.6) is 0 Å². The van der Waals surface area contributed by atoms with Crippen molar-refractivity contribution in [2.45, 2.75) is 38.1 Å². The fourth-order valence-corrected chi connectivity index (χ4v) is 2.36. The van der Waals surface area contributed by atoms with Crippen LogP contribution in [0.4, 0.5) is 5.69 Å². The molecule has 1 aliphatic carbocycles. The number of hydrogen-bond donors (Lipinski definition) is 0. The molecule has 0 aromatic carbocycles. The van der Waals surface area contributed by atoms with E-state index in [9.17, 15) is 10.1 Å². The largest absolute Gasteiger partial charge is 0.307 e. The average Bonchev–Trinajstić information content (AvgIpc) is 2.68. The molecule has 1 aromatic heterocycles. The third kappa shape index (κ3) is 2.44. The molecule has 2 atom stereocenters. The predicted molar refractivity (Wildman–Crippen MR) is 60.1 cm³/mol. The predicted octanol–water partition coefficient (Wildman–Crippen LogP) is 2.44. The van der Waals surface area contributed by atoms with Crippen molar-refractivity contribution in [2.24, 2.45) is 5.92 Å². The number of aromatic nitrogens is 2. The van der Waals surface area contributed by atoms with Gasteiger partial charge in [0.15, 0.2) is 0 Å². The zero-order chi connectivity index (χ0) is 12.3. The van der Waals surface area contributed by atoms with Crippen LogP contribution in [0.25, 0.3) is 0 Å². The van der Waals surface area contributed by atoms with E-state index in [1.54, 1.807) is 4.68 Å². The Balaban J connectivity index is 2.23. The highest BCUT2D eigenvalue weighted by atomic mass is 16.6. The Bertz CT molecular complexity index is 449. The van der Waals surface area contributed by atoms with Crippen LogP contribution < -0.4 is 0 Å². The van der Waals surface area contributed by atoms with Gasteiger partial charge in [-0.1, -0.05) is 19.3 Å². The number of hydrogen-bond acceptors (Lipinski definition) is 4. The molecule has 0 N–H and O–H groups in total. The van der Waals surface area contributed by atoms with Gasteiger partial charge in [-0.05, 0) is 12.8 Å². The monoisotopic (exact) mass is 234 g/mol. The lowest BCUT2D eigenvalue weighted by Crippen LogP contribution is -2.17. The molecule has 0 bridgehead atoms. The van der Waals surface area contributed by atoms with Crippen molar-refractivity contribution in [1.82, 2.24) is 9.78 Å². The first kappa shape index (κ1) is 11.6. The Morgan fingerprint density at radius 3 is 2.88 bits per heavy atom. The first-order valence-corrected chi connectivity index (χ1v) is 5.80. The van der Waals surface area contributed by atoms with Crippen LogP contribution in [0.3, 0.4) is 0 Å². The van der Waals surface area contributed by atoms with Crippen molar-refractivity contribution in [3.63, 3.8) is 0 Å². The van der Waals surface area contributed by atoms with Gasteiger partial charge in [0.25, 0.3) is 0 Å². The third-order valence-electron chi connectivity index (χ3n) is 3.28. The van der Waals surface area contributed by atoms with Crippen molar-refractivity contribution >= 4 is 5.69 Å². The minimum absolute atomic E-state index is 0.00839. The van der Waals surface area contributed by atoms with Gasteiger partial charge in [-0.3, -0.25) is 14.8 Å². The summed E-state index contributed by atoms with van der Waals surface area (Å²) < 4.78 is 1.59. The smallest absolute Gasteiger partial charge is 0.261 e. The van der Waals surface area contributed by atoms with E-state index in [2.05, 4.69) is 11.2 Å². The summed E-state index contributed by atoms with van der Waals surface area (Å²) in [5, 5.41) is 23.8. The van der Waals surface area contributed by atoms with E-state index < -0.39 is 4.92 Å². The molecule has 1 fully saturated rings. The first-order chi connectivity index (χ1) is 8.22. The molecular weight excluding hydrogens is 220 g/mol. The molecule has 0 radical (unpaired) electrons. The van der Waals surface area contributed by atoms with E-state index in [-0.39, 0.29) is 17.6 Å². The molecule has 0 amide bonds. The lowest BCUT2D eigenvalue weighted by Gasteiger charge is -2.19. The molecule has 1 saturated carbocycles. The van der Waals surface area contributed by atoms with Crippen LogP contribution in [0.1, 0.15) is 38.1 Å². The molecule has 1 aromatic rings. The summed E-state index contributed by atoms with van der Waals surface area (Å²) in [6.45, 7) is 0. The number of rotatable bonds is 2. The molecule has 1 heterocycles. The summed E-state index contributed by atoms with van der Waals surface area (Å²) in [6, 6.07) is 2.28. The molecule has 17 heavy (non-hydrogen) atoms. The number of nitriles is 1. The molecule has 6 nitrogen and oxygen atoms in total. The molecule has 2 rings (SSSR count). The highest BCUT2D eigenvalue weighted by molar-refractivity contribution is 5.21. The average molecular weight is 234 g/mol. The van der Waals surface area contributed by atoms with Gasteiger partial charge >= 0.3 is 5.69 Å². The van der Waals surface area contributed by atoms with Crippen LogP contribution in [-0.2, 0) is 0 Å². The van der Waals surface area contributed by atoms with E-state index in [0.717, 1.165) is 32.1 Å². The van der Waals surface area contributed by atoms with Gasteiger partial charge < -0.3 is 0 Å². The Hall–Kier alpha value is -1.90. The van der Waals surface area contributed by atoms with Gasteiger partial charge in [-0.15, -0.1) is 0 Å². The van der Waals surface area contributed by atoms with E-state index in [1.807, 2.05) is 0 Å².